The first-order valence-electron chi connectivity index (χ1n) is 7.48. The van der Waals surface area contributed by atoms with E-state index in [1.165, 1.54) is 24.3 Å². The number of hydrogen-bond acceptors (Lipinski definition) is 5. The largest absolute Gasteiger partial charge is 0.411 e. The average Bonchev–Trinajstić information content (AvgIpc) is 2.80. The number of benzene rings is 2. The lowest BCUT2D eigenvalue weighted by Gasteiger charge is -2.22. The number of nitro groups is 1. The highest BCUT2D eigenvalue weighted by Crippen LogP contribution is 2.28. The molecule has 0 saturated heterocycles. The molecule has 0 saturated carbocycles. The maximum atomic E-state index is 12.8. The number of non-ortho nitro benzene ring substituents is 1. The SMILES string of the molecule is O=C(c1ccc([N+](=O)[O-])cc1)N1CCCC(=NO)c2ccccc21. The molecule has 3 rings (SSSR count). The van der Waals surface area contributed by atoms with Crippen molar-refractivity contribution in [1.82, 2.24) is 0 Å². The number of oxime groups is 1. The minimum Gasteiger partial charge on any atom is -0.411 e. The van der Waals surface area contributed by atoms with Gasteiger partial charge < -0.3 is 10.1 Å². The quantitative estimate of drug-likeness (QED) is 0.521. The second-order valence-electron chi connectivity index (χ2n) is 5.43. The second-order valence-corrected chi connectivity index (χ2v) is 5.43. The van der Waals surface area contributed by atoms with Crippen molar-refractivity contribution in [2.24, 2.45) is 5.16 Å². The van der Waals surface area contributed by atoms with Crippen molar-refractivity contribution >= 4 is 23.0 Å². The Kier molecular flexibility index (Phi) is 4.24. The summed E-state index contributed by atoms with van der Waals surface area (Å²) < 4.78 is 0. The highest BCUT2D eigenvalue weighted by Gasteiger charge is 2.25. The van der Waals surface area contributed by atoms with Crippen molar-refractivity contribution in [2.45, 2.75) is 12.8 Å². The molecule has 1 amide bonds. The number of anilines is 1. The number of amides is 1. The van der Waals surface area contributed by atoms with E-state index in [-0.39, 0.29) is 11.6 Å². The van der Waals surface area contributed by atoms with Crippen LogP contribution in [-0.4, -0.2) is 28.3 Å². The van der Waals surface area contributed by atoms with Gasteiger partial charge in [-0.15, -0.1) is 0 Å². The highest BCUT2D eigenvalue weighted by molar-refractivity contribution is 6.12. The molecule has 0 atom stereocenters. The van der Waals surface area contributed by atoms with Gasteiger partial charge in [-0.1, -0.05) is 23.4 Å². The predicted octanol–water partition coefficient (Wildman–Crippen LogP) is 3.21. The monoisotopic (exact) mass is 325 g/mol. The molecular weight excluding hydrogens is 310 g/mol. The molecule has 7 heteroatoms. The standard InChI is InChI=1S/C17H15N3O4/c21-17(12-7-9-13(10-8-12)20(23)24)19-11-3-5-15(18-22)14-4-1-2-6-16(14)19/h1-2,4,6-10,22H,3,5,11H2. The summed E-state index contributed by atoms with van der Waals surface area (Å²) in [4.78, 5) is 24.7. The van der Waals surface area contributed by atoms with Crippen molar-refractivity contribution in [1.29, 1.82) is 0 Å². The van der Waals surface area contributed by atoms with Crippen LogP contribution in [0.25, 0.3) is 0 Å². The van der Waals surface area contributed by atoms with Gasteiger partial charge in [0.2, 0.25) is 0 Å². The van der Waals surface area contributed by atoms with Crippen LogP contribution in [0.3, 0.4) is 0 Å². The first-order chi connectivity index (χ1) is 11.6. The van der Waals surface area contributed by atoms with E-state index in [9.17, 15) is 20.1 Å². The zero-order chi connectivity index (χ0) is 17.1. The van der Waals surface area contributed by atoms with Crippen LogP contribution >= 0.6 is 0 Å². The molecule has 0 aliphatic carbocycles. The minimum absolute atomic E-state index is 0.0579. The lowest BCUT2D eigenvalue weighted by Crippen LogP contribution is -2.31. The molecule has 2 aromatic carbocycles. The number of carbonyl (C=O) groups is 1. The van der Waals surface area contributed by atoms with Crippen molar-refractivity contribution in [2.75, 3.05) is 11.4 Å². The van der Waals surface area contributed by atoms with Crippen molar-refractivity contribution < 1.29 is 14.9 Å². The van der Waals surface area contributed by atoms with Crippen LogP contribution in [0.4, 0.5) is 11.4 Å². The molecule has 0 fully saturated rings. The van der Waals surface area contributed by atoms with Crippen LogP contribution in [-0.2, 0) is 0 Å². The summed E-state index contributed by atoms with van der Waals surface area (Å²) in [6.07, 6.45) is 1.23. The topological polar surface area (TPSA) is 96.0 Å². The van der Waals surface area contributed by atoms with Gasteiger partial charge in [-0.3, -0.25) is 14.9 Å². The van der Waals surface area contributed by atoms with Gasteiger partial charge in [0.15, 0.2) is 0 Å². The van der Waals surface area contributed by atoms with Gasteiger partial charge in [0.25, 0.3) is 11.6 Å². The molecule has 7 nitrogen and oxygen atoms in total. The van der Waals surface area contributed by atoms with E-state index in [0.717, 1.165) is 0 Å². The lowest BCUT2D eigenvalue weighted by atomic mass is 10.1. The van der Waals surface area contributed by atoms with Crippen LogP contribution in [0.5, 0.6) is 0 Å². The normalized spacial score (nSPS) is 15.7. The third-order valence-electron chi connectivity index (χ3n) is 3.99. The molecule has 0 unspecified atom stereocenters. The Morgan fingerprint density at radius 2 is 1.88 bits per heavy atom. The smallest absolute Gasteiger partial charge is 0.269 e. The summed E-state index contributed by atoms with van der Waals surface area (Å²) in [6.45, 7) is 0.478. The third-order valence-corrected chi connectivity index (χ3v) is 3.99. The number of nitro benzene ring substituents is 1. The van der Waals surface area contributed by atoms with E-state index in [1.54, 1.807) is 11.0 Å². The van der Waals surface area contributed by atoms with Gasteiger partial charge in [-0.25, -0.2) is 0 Å². The minimum atomic E-state index is -0.501. The van der Waals surface area contributed by atoms with Crippen molar-refractivity contribution in [3.63, 3.8) is 0 Å². The number of fused-ring (bicyclic) bond motifs is 1. The van der Waals surface area contributed by atoms with Crippen molar-refractivity contribution in [3.8, 4) is 0 Å². The van der Waals surface area contributed by atoms with E-state index in [1.807, 2.05) is 18.2 Å². The van der Waals surface area contributed by atoms with E-state index < -0.39 is 4.92 Å². The number of para-hydroxylation sites is 1. The first kappa shape index (κ1) is 15.7. The summed E-state index contributed by atoms with van der Waals surface area (Å²) in [7, 11) is 0. The Morgan fingerprint density at radius 3 is 2.54 bits per heavy atom. The molecular formula is C17H15N3O4. The molecule has 0 spiro atoms. The molecule has 0 radical (unpaired) electrons. The Bertz CT molecular complexity index is 815. The predicted molar refractivity (Wildman–Crippen MR) is 88.8 cm³/mol. The van der Waals surface area contributed by atoms with Crippen LogP contribution in [0.2, 0.25) is 0 Å². The third kappa shape index (κ3) is 2.83. The average molecular weight is 325 g/mol. The van der Waals surface area contributed by atoms with E-state index in [4.69, 9.17) is 0 Å². The van der Waals surface area contributed by atoms with Crippen LogP contribution < -0.4 is 4.90 Å². The zero-order valence-corrected chi connectivity index (χ0v) is 12.8. The molecule has 122 valence electrons. The van der Waals surface area contributed by atoms with Gasteiger partial charge in [-0.05, 0) is 31.0 Å². The summed E-state index contributed by atoms with van der Waals surface area (Å²) in [5, 5.41) is 23.3. The van der Waals surface area contributed by atoms with E-state index >= 15 is 0 Å². The van der Waals surface area contributed by atoms with Gasteiger partial charge >= 0.3 is 0 Å². The Labute approximate surface area is 138 Å². The maximum Gasteiger partial charge on any atom is 0.269 e. The number of nitrogens with zero attached hydrogens (tertiary/aromatic N) is 3. The van der Waals surface area contributed by atoms with Crippen LogP contribution in [0.1, 0.15) is 28.8 Å². The molecule has 0 aromatic heterocycles. The van der Waals surface area contributed by atoms with Gasteiger partial charge in [0, 0.05) is 29.8 Å². The highest BCUT2D eigenvalue weighted by atomic mass is 16.6. The summed E-state index contributed by atoms with van der Waals surface area (Å²) >= 11 is 0. The van der Waals surface area contributed by atoms with Gasteiger partial charge in [0.1, 0.15) is 0 Å². The lowest BCUT2D eigenvalue weighted by molar-refractivity contribution is -0.384. The zero-order valence-electron chi connectivity index (χ0n) is 12.8. The fourth-order valence-electron chi connectivity index (χ4n) is 2.81. The van der Waals surface area contributed by atoms with Crippen LogP contribution in [0, 0.1) is 10.1 Å². The number of hydrogen-bond donors (Lipinski definition) is 1. The number of carbonyl (C=O) groups excluding carboxylic acids is 1. The fraction of sp³-hybridized carbons (Fsp3) is 0.176. The molecule has 1 aliphatic rings. The molecule has 0 bridgehead atoms. The molecule has 1 N–H and O–H groups in total. The van der Waals surface area contributed by atoms with Gasteiger partial charge in [-0.2, -0.15) is 0 Å². The van der Waals surface area contributed by atoms with Crippen LogP contribution in [0.15, 0.2) is 53.7 Å². The van der Waals surface area contributed by atoms with Gasteiger partial charge in [0.05, 0.1) is 16.3 Å². The summed E-state index contributed by atoms with van der Waals surface area (Å²) in [6, 6.07) is 12.8. The van der Waals surface area contributed by atoms with E-state index in [2.05, 4.69) is 5.16 Å². The summed E-state index contributed by atoms with van der Waals surface area (Å²) in [5.74, 6) is -0.239. The maximum absolute atomic E-state index is 12.8. The second kappa shape index (κ2) is 6.49. The summed E-state index contributed by atoms with van der Waals surface area (Å²) in [5.41, 5.74) is 2.25. The molecule has 1 aliphatic heterocycles. The Hall–Kier alpha value is -3.22. The first-order valence-corrected chi connectivity index (χ1v) is 7.48. The Morgan fingerprint density at radius 1 is 1.17 bits per heavy atom. The molecule has 2 aromatic rings. The number of rotatable bonds is 2. The van der Waals surface area contributed by atoms with E-state index in [0.29, 0.717) is 41.9 Å². The molecule has 1 heterocycles. The Balaban J connectivity index is 1.98. The molecule has 24 heavy (non-hydrogen) atoms. The van der Waals surface area contributed by atoms with Crippen molar-refractivity contribution in [3.05, 3.63) is 69.8 Å². The fourth-order valence-corrected chi connectivity index (χ4v) is 2.81.